The van der Waals surface area contributed by atoms with Gasteiger partial charge in [-0.2, -0.15) is 0 Å². The van der Waals surface area contributed by atoms with Crippen molar-refractivity contribution in [1.29, 1.82) is 0 Å². The average Bonchev–Trinajstić information content (AvgIpc) is 2.99. The molecule has 1 N–H and O–H groups in total. The predicted molar refractivity (Wildman–Crippen MR) is 106 cm³/mol. The fraction of sp³-hybridized carbons (Fsp3) is 0.318. The van der Waals surface area contributed by atoms with E-state index in [4.69, 9.17) is 0 Å². The molecule has 1 aliphatic heterocycles. The summed E-state index contributed by atoms with van der Waals surface area (Å²) >= 11 is 0. The number of likely N-dealkylation sites (tertiary alicyclic amines) is 1. The molecule has 1 saturated heterocycles. The van der Waals surface area contributed by atoms with Crippen LogP contribution in [0.5, 0.6) is 0 Å². The maximum atomic E-state index is 12.4. The Morgan fingerprint density at radius 3 is 2.00 bits per heavy atom. The maximum Gasteiger partial charge on any atom is 0.251 e. The Bertz CT molecular complexity index is 842. The Hall–Kier alpha value is -2.99. The minimum atomic E-state index is -0.155. The van der Waals surface area contributed by atoms with E-state index in [9.17, 15) is 14.4 Å². The molecule has 0 atom stereocenters. The highest BCUT2D eigenvalue weighted by molar-refractivity contribution is 6.01. The average molecular weight is 379 g/mol. The fourth-order valence-corrected chi connectivity index (χ4v) is 3.16. The van der Waals surface area contributed by atoms with E-state index in [1.165, 1.54) is 10.5 Å². The van der Waals surface area contributed by atoms with Crippen molar-refractivity contribution < 1.29 is 14.4 Å². The number of carbonyl (C=O) groups excluding carboxylic acids is 3. The summed E-state index contributed by atoms with van der Waals surface area (Å²) in [6.07, 6.45) is 0.574. The molecule has 0 bridgehead atoms. The molecule has 3 rings (SSSR count). The molecular weight excluding hydrogens is 354 g/mol. The first-order valence-corrected chi connectivity index (χ1v) is 9.35. The third kappa shape index (κ3) is 5.04. The van der Waals surface area contributed by atoms with Gasteiger partial charge in [0, 0.05) is 31.5 Å². The third-order valence-electron chi connectivity index (χ3n) is 4.69. The quantitative estimate of drug-likeness (QED) is 0.750. The van der Waals surface area contributed by atoms with Gasteiger partial charge in [-0.25, -0.2) is 0 Å². The summed E-state index contributed by atoms with van der Waals surface area (Å²) in [5, 5.41) is 2.91. The van der Waals surface area contributed by atoms with Crippen LogP contribution in [0.25, 0.3) is 0 Å². The Balaban J connectivity index is 1.53. The van der Waals surface area contributed by atoms with Gasteiger partial charge in [0.15, 0.2) is 0 Å². The van der Waals surface area contributed by atoms with Crippen LogP contribution in [0.4, 0.5) is 0 Å². The lowest BCUT2D eigenvalue weighted by Gasteiger charge is -2.14. The van der Waals surface area contributed by atoms with E-state index in [2.05, 4.69) is 22.3 Å². The molecule has 0 radical (unpaired) electrons. The van der Waals surface area contributed by atoms with Crippen molar-refractivity contribution in [3.63, 3.8) is 0 Å². The first kappa shape index (κ1) is 19.8. The minimum Gasteiger partial charge on any atom is -0.348 e. The van der Waals surface area contributed by atoms with Crippen LogP contribution in [-0.4, -0.2) is 41.6 Å². The molecule has 28 heavy (non-hydrogen) atoms. The number of hydrogen-bond acceptors (Lipinski definition) is 4. The number of hydrogen-bond donors (Lipinski definition) is 1. The molecule has 0 saturated carbocycles. The van der Waals surface area contributed by atoms with E-state index in [1.807, 2.05) is 26.2 Å². The smallest absolute Gasteiger partial charge is 0.251 e. The first-order valence-electron chi connectivity index (χ1n) is 9.35. The molecular formula is C22H25N3O3. The molecule has 146 valence electrons. The molecule has 1 fully saturated rings. The zero-order valence-corrected chi connectivity index (χ0v) is 16.3. The second kappa shape index (κ2) is 8.80. The fourth-order valence-electron chi connectivity index (χ4n) is 3.16. The molecule has 0 unspecified atom stereocenters. The lowest BCUT2D eigenvalue weighted by atomic mass is 10.1. The van der Waals surface area contributed by atoms with E-state index in [-0.39, 0.29) is 37.1 Å². The predicted octanol–water partition coefficient (Wildman–Crippen LogP) is 2.33. The lowest BCUT2D eigenvalue weighted by molar-refractivity contribution is -0.139. The van der Waals surface area contributed by atoms with Crippen LogP contribution in [0.2, 0.25) is 0 Å². The van der Waals surface area contributed by atoms with Crippen molar-refractivity contribution in [2.75, 3.05) is 14.1 Å². The number of rotatable bonds is 7. The number of benzene rings is 2. The van der Waals surface area contributed by atoms with E-state index in [0.29, 0.717) is 12.1 Å². The van der Waals surface area contributed by atoms with Gasteiger partial charge in [0.1, 0.15) is 0 Å². The van der Waals surface area contributed by atoms with E-state index < -0.39 is 0 Å². The highest BCUT2D eigenvalue weighted by Crippen LogP contribution is 2.16. The lowest BCUT2D eigenvalue weighted by Crippen LogP contribution is -2.28. The Morgan fingerprint density at radius 2 is 1.43 bits per heavy atom. The summed E-state index contributed by atoms with van der Waals surface area (Å²) in [4.78, 5) is 39.1. The Morgan fingerprint density at radius 1 is 0.893 bits per heavy atom. The summed E-state index contributed by atoms with van der Waals surface area (Å²) in [5.74, 6) is -0.427. The summed E-state index contributed by atoms with van der Waals surface area (Å²) in [7, 11) is 4.06. The van der Waals surface area contributed by atoms with E-state index >= 15 is 0 Å². The maximum absolute atomic E-state index is 12.4. The van der Waals surface area contributed by atoms with Gasteiger partial charge in [-0.3, -0.25) is 19.3 Å². The number of nitrogens with one attached hydrogen (secondary N) is 1. The van der Waals surface area contributed by atoms with Gasteiger partial charge in [-0.05, 0) is 42.9 Å². The molecule has 2 aromatic rings. The highest BCUT2D eigenvalue weighted by Gasteiger charge is 2.28. The monoisotopic (exact) mass is 379 g/mol. The molecule has 0 aliphatic carbocycles. The van der Waals surface area contributed by atoms with Crippen molar-refractivity contribution in [1.82, 2.24) is 15.1 Å². The van der Waals surface area contributed by atoms with Gasteiger partial charge in [0.05, 0.1) is 6.54 Å². The minimum absolute atomic E-state index is 0.136. The van der Waals surface area contributed by atoms with Gasteiger partial charge >= 0.3 is 0 Å². The molecule has 6 nitrogen and oxygen atoms in total. The highest BCUT2D eigenvalue weighted by atomic mass is 16.2. The number of amides is 3. The van der Waals surface area contributed by atoms with E-state index in [0.717, 1.165) is 17.7 Å². The second-order valence-electron chi connectivity index (χ2n) is 7.31. The molecule has 1 aliphatic rings. The van der Waals surface area contributed by atoms with Crippen molar-refractivity contribution in [2.24, 2.45) is 0 Å². The van der Waals surface area contributed by atoms with Crippen LogP contribution in [-0.2, 0) is 29.2 Å². The zero-order chi connectivity index (χ0) is 20.1. The van der Waals surface area contributed by atoms with Crippen LogP contribution in [0.1, 0.15) is 39.9 Å². The second-order valence-corrected chi connectivity index (χ2v) is 7.31. The van der Waals surface area contributed by atoms with Gasteiger partial charge < -0.3 is 10.2 Å². The van der Waals surface area contributed by atoms with Crippen LogP contribution in [0.3, 0.4) is 0 Å². The topological polar surface area (TPSA) is 69.7 Å². The molecule has 0 aromatic heterocycles. The summed E-state index contributed by atoms with van der Waals surface area (Å²) in [5.41, 5.74) is 3.65. The van der Waals surface area contributed by atoms with E-state index in [1.54, 1.807) is 24.3 Å². The van der Waals surface area contributed by atoms with Crippen molar-refractivity contribution >= 4 is 17.7 Å². The summed E-state index contributed by atoms with van der Waals surface area (Å²) in [6.45, 7) is 1.60. The van der Waals surface area contributed by atoms with Gasteiger partial charge in [0.25, 0.3) is 5.91 Å². The number of imide groups is 1. The standard InChI is InChI=1S/C22H25N3O3/c1-24(2)14-17-5-3-16(4-6-17)13-23-22(28)19-9-7-18(8-10-19)15-25-20(26)11-12-21(25)27/h3-10H,11-15H2,1-2H3,(H,23,28). The third-order valence-corrected chi connectivity index (χ3v) is 4.69. The number of carbonyl (C=O) groups is 3. The summed E-state index contributed by atoms with van der Waals surface area (Å²) in [6, 6.07) is 15.2. The Kier molecular flexibility index (Phi) is 6.21. The van der Waals surface area contributed by atoms with Gasteiger partial charge in [0.2, 0.25) is 11.8 Å². The van der Waals surface area contributed by atoms with Crippen molar-refractivity contribution in [3.05, 3.63) is 70.8 Å². The van der Waals surface area contributed by atoms with Crippen LogP contribution >= 0.6 is 0 Å². The van der Waals surface area contributed by atoms with Crippen molar-refractivity contribution in [3.8, 4) is 0 Å². The van der Waals surface area contributed by atoms with Crippen LogP contribution in [0, 0.1) is 0 Å². The molecule has 0 spiro atoms. The molecule has 1 heterocycles. The SMILES string of the molecule is CN(C)Cc1ccc(CNC(=O)c2ccc(CN3C(=O)CCC3=O)cc2)cc1. The van der Waals surface area contributed by atoms with Crippen molar-refractivity contribution in [2.45, 2.75) is 32.5 Å². The Labute approximate surface area is 165 Å². The molecule has 3 amide bonds. The molecule has 2 aromatic carbocycles. The zero-order valence-electron chi connectivity index (χ0n) is 16.3. The van der Waals surface area contributed by atoms with Crippen LogP contribution < -0.4 is 5.32 Å². The van der Waals surface area contributed by atoms with Gasteiger partial charge in [-0.15, -0.1) is 0 Å². The molecule has 6 heteroatoms. The largest absolute Gasteiger partial charge is 0.348 e. The van der Waals surface area contributed by atoms with Gasteiger partial charge in [-0.1, -0.05) is 36.4 Å². The first-order chi connectivity index (χ1) is 13.4. The number of nitrogens with zero attached hydrogens (tertiary/aromatic N) is 2. The van der Waals surface area contributed by atoms with Crippen LogP contribution in [0.15, 0.2) is 48.5 Å². The normalized spacial score (nSPS) is 14.0. The summed E-state index contributed by atoms with van der Waals surface area (Å²) < 4.78 is 0.